The van der Waals surface area contributed by atoms with E-state index in [0.29, 0.717) is 12.8 Å². The van der Waals surface area contributed by atoms with Gasteiger partial charge in [0.1, 0.15) is 36.3 Å². The highest BCUT2D eigenvalue weighted by Crippen LogP contribution is 2.21. The summed E-state index contributed by atoms with van der Waals surface area (Å²) < 4.78 is 0. The van der Waals surface area contributed by atoms with Gasteiger partial charge in [0.05, 0.1) is 6.04 Å². The predicted octanol–water partition coefficient (Wildman–Crippen LogP) is 0.454. The maximum absolute atomic E-state index is 14.0. The van der Waals surface area contributed by atoms with Crippen LogP contribution in [0.3, 0.4) is 0 Å². The van der Waals surface area contributed by atoms with Gasteiger partial charge in [-0.2, -0.15) is 0 Å². The smallest absolute Gasteiger partial charge is 0.325 e. The molecule has 0 radical (unpaired) electrons. The summed E-state index contributed by atoms with van der Waals surface area (Å²) in [6.07, 6.45) is 1.17. The van der Waals surface area contributed by atoms with Crippen molar-refractivity contribution in [1.29, 1.82) is 0 Å². The normalized spacial score (nSPS) is 17.9. The molecule has 15 heteroatoms. The molecule has 6 amide bonds. The van der Waals surface area contributed by atoms with Gasteiger partial charge in [0.25, 0.3) is 0 Å². The zero-order valence-electron chi connectivity index (χ0n) is 31.0. The third-order valence-corrected chi connectivity index (χ3v) is 8.71. The lowest BCUT2D eigenvalue weighted by Gasteiger charge is -2.31. The molecule has 0 aliphatic carbocycles. The van der Waals surface area contributed by atoms with Crippen LogP contribution in [0.25, 0.3) is 0 Å². The molecule has 1 fully saturated rings. The van der Waals surface area contributed by atoms with Gasteiger partial charge in [-0.1, -0.05) is 71.9 Å². The minimum Gasteiger partial charge on any atom is -0.480 e. The highest BCUT2D eigenvalue weighted by molar-refractivity contribution is 5.97. The fourth-order valence-corrected chi connectivity index (χ4v) is 5.76. The first kappa shape index (κ1) is 42.6. The summed E-state index contributed by atoms with van der Waals surface area (Å²) in [6.45, 7) is 13.8. The molecule has 0 saturated carbocycles. The summed E-state index contributed by atoms with van der Waals surface area (Å²) in [4.78, 5) is 93.2. The van der Waals surface area contributed by atoms with Crippen LogP contribution in [0.15, 0.2) is 30.3 Å². The lowest BCUT2D eigenvalue weighted by Crippen LogP contribution is -2.61. The van der Waals surface area contributed by atoms with Gasteiger partial charge >= 0.3 is 5.97 Å². The Labute approximate surface area is 300 Å². The van der Waals surface area contributed by atoms with E-state index in [-0.39, 0.29) is 31.2 Å². The molecule has 8 N–H and O–H groups in total. The highest BCUT2D eigenvalue weighted by atomic mass is 16.4. The first-order chi connectivity index (χ1) is 23.8. The zero-order valence-corrected chi connectivity index (χ0v) is 31.0. The topological polar surface area (TPSA) is 229 Å². The third-order valence-electron chi connectivity index (χ3n) is 8.71. The summed E-state index contributed by atoms with van der Waals surface area (Å²) in [6, 6.07) is 1.86. The Kier molecular flexibility index (Phi) is 16.5. The van der Waals surface area contributed by atoms with E-state index in [1.54, 1.807) is 52.0 Å². The number of amides is 6. The molecule has 1 aromatic rings. The number of hydrogen-bond donors (Lipinski definition) is 7. The standard InChI is InChI=1S/C36H57N7O8/c1-19(2)17-26(35(49)43-16-12-15-27(43)32(46)38-23(8)36(50)51)40-31(45)25(18-24-13-10-9-11-14-24)39-33(47)28(20(3)4)42-34(48)29(21(5)6)41-30(44)22(7)37/h9-11,13-14,19-23,25-29H,12,15-18,37H2,1-8H3,(H,38,46)(H,39,47)(H,40,45)(H,41,44)(H,42,48)(H,50,51). The van der Waals surface area contributed by atoms with Crippen molar-refractivity contribution in [2.24, 2.45) is 23.5 Å². The molecular weight excluding hydrogens is 658 g/mol. The average molecular weight is 716 g/mol. The highest BCUT2D eigenvalue weighted by Gasteiger charge is 2.40. The number of carbonyl (C=O) groups excluding carboxylic acids is 6. The maximum atomic E-state index is 14.0. The van der Waals surface area contributed by atoms with Crippen LogP contribution in [0, 0.1) is 17.8 Å². The molecule has 51 heavy (non-hydrogen) atoms. The van der Waals surface area contributed by atoms with Crippen LogP contribution in [0.5, 0.6) is 0 Å². The van der Waals surface area contributed by atoms with Crippen molar-refractivity contribution in [2.75, 3.05) is 6.54 Å². The number of carboxylic acids is 1. The molecule has 1 aromatic carbocycles. The van der Waals surface area contributed by atoms with E-state index in [9.17, 15) is 38.7 Å². The first-order valence-corrected chi connectivity index (χ1v) is 17.7. The van der Waals surface area contributed by atoms with E-state index in [0.717, 1.165) is 5.56 Å². The second-order valence-corrected chi connectivity index (χ2v) is 14.4. The number of likely N-dealkylation sites (tertiary alicyclic amines) is 1. The molecule has 7 atom stereocenters. The Balaban J connectivity index is 2.35. The Bertz CT molecular complexity index is 1380. The van der Waals surface area contributed by atoms with Gasteiger partial charge in [-0.3, -0.25) is 33.6 Å². The number of nitrogens with zero attached hydrogens (tertiary/aromatic N) is 1. The molecule has 2 rings (SSSR count). The molecule has 0 bridgehead atoms. The van der Waals surface area contributed by atoms with Gasteiger partial charge in [-0.25, -0.2) is 0 Å². The van der Waals surface area contributed by atoms with E-state index in [1.807, 2.05) is 19.9 Å². The van der Waals surface area contributed by atoms with Gasteiger partial charge in [0, 0.05) is 13.0 Å². The summed E-state index contributed by atoms with van der Waals surface area (Å²) in [5.74, 6) is -5.42. The van der Waals surface area contributed by atoms with Crippen LogP contribution in [0.2, 0.25) is 0 Å². The van der Waals surface area contributed by atoms with Gasteiger partial charge < -0.3 is 42.3 Å². The fourth-order valence-electron chi connectivity index (χ4n) is 5.76. The summed E-state index contributed by atoms with van der Waals surface area (Å²) in [5.41, 5.74) is 6.42. The molecule has 0 spiro atoms. The van der Waals surface area contributed by atoms with Crippen molar-refractivity contribution >= 4 is 41.4 Å². The van der Waals surface area contributed by atoms with Crippen molar-refractivity contribution in [3.05, 3.63) is 35.9 Å². The fraction of sp³-hybridized carbons (Fsp3) is 0.639. The number of carboxylic acid groups (broad SMARTS) is 1. The van der Waals surface area contributed by atoms with Crippen molar-refractivity contribution in [1.82, 2.24) is 31.5 Å². The van der Waals surface area contributed by atoms with Gasteiger partial charge in [-0.15, -0.1) is 0 Å². The van der Waals surface area contributed by atoms with E-state index in [2.05, 4.69) is 26.6 Å². The molecule has 1 saturated heterocycles. The largest absolute Gasteiger partial charge is 0.480 e. The average Bonchev–Trinajstić information content (AvgIpc) is 3.55. The molecule has 15 nitrogen and oxygen atoms in total. The zero-order chi connectivity index (χ0) is 38.6. The summed E-state index contributed by atoms with van der Waals surface area (Å²) in [7, 11) is 0. The number of aliphatic carboxylic acids is 1. The molecule has 284 valence electrons. The second-order valence-electron chi connectivity index (χ2n) is 14.4. The van der Waals surface area contributed by atoms with Gasteiger partial charge in [0.15, 0.2) is 0 Å². The quantitative estimate of drug-likeness (QED) is 0.112. The first-order valence-electron chi connectivity index (χ1n) is 17.7. The number of benzene rings is 1. The number of nitrogens with one attached hydrogen (secondary N) is 5. The maximum Gasteiger partial charge on any atom is 0.325 e. The number of nitrogens with two attached hydrogens (primary N) is 1. The van der Waals surface area contributed by atoms with Crippen LogP contribution in [0.4, 0.5) is 0 Å². The lowest BCUT2D eigenvalue weighted by atomic mass is 9.98. The minimum absolute atomic E-state index is 0.0412. The Morgan fingerprint density at radius 2 is 1.27 bits per heavy atom. The van der Waals surface area contributed by atoms with E-state index in [4.69, 9.17) is 5.73 Å². The van der Waals surface area contributed by atoms with Crippen molar-refractivity contribution in [2.45, 2.75) is 123 Å². The molecular formula is C36H57N7O8. The third kappa shape index (κ3) is 12.9. The van der Waals surface area contributed by atoms with E-state index < -0.39 is 89.6 Å². The number of carbonyl (C=O) groups is 7. The monoisotopic (exact) mass is 715 g/mol. The van der Waals surface area contributed by atoms with Crippen LogP contribution in [-0.2, 0) is 40.0 Å². The van der Waals surface area contributed by atoms with E-state index >= 15 is 0 Å². The van der Waals surface area contributed by atoms with Crippen LogP contribution < -0.4 is 32.3 Å². The van der Waals surface area contributed by atoms with E-state index in [1.165, 1.54) is 18.7 Å². The predicted molar refractivity (Wildman–Crippen MR) is 191 cm³/mol. The summed E-state index contributed by atoms with van der Waals surface area (Å²) in [5, 5.41) is 22.7. The minimum atomic E-state index is -1.21. The lowest BCUT2D eigenvalue weighted by molar-refractivity contribution is -0.144. The van der Waals surface area contributed by atoms with Gasteiger partial charge in [0.2, 0.25) is 35.4 Å². The Morgan fingerprint density at radius 3 is 1.78 bits per heavy atom. The van der Waals surface area contributed by atoms with Crippen molar-refractivity contribution < 1.29 is 38.7 Å². The Morgan fingerprint density at radius 1 is 0.745 bits per heavy atom. The Hall–Kier alpha value is -4.53. The molecule has 0 aromatic heterocycles. The molecule has 1 aliphatic heterocycles. The van der Waals surface area contributed by atoms with Crippen molar-refractivity contribution in [3.8, 4) is 0 Å². The van der Waals surface area contributed by atoms with Crippen LogP contribution in [0.1, 0.15) is 80.2 Å². The van der Waals surface area contributed by atoms with Crippen LogP contribution >= 0.6 is 0 Å². The second kappa shape index (κ2) is 19.8. The van der Waals surface area contributed by atoms with Gasteiger partial charge in [-0.05, 0) is 56.4 Å². The number of hydrogen-bond acceptors (Lipinski definition) is 8. The van der Waals surface area contributed by atoms with Crippen molar-refractivity contribution in [3.63, 3.8) is 0 Å². The molecule has 1 heterocycles. The molecule has 1 aliphatic rings. The number of rotatable bonds is 18. The SMILES string of the molecule is CC(C)CC(NC(=O)C(Cc1ccccc1)NC(=O)C(NC(=O)C(NC(=O)C(C)N)C(C)C)C(C)C)C(=O)N1CCCC1C(=O)NC(C)C(=O)O. The summed E-state index contributed by atoms with van der Waals surface area (Å²) >= 11 is 0. The molecule has 7 unspecified atom stereocenters. The van der Waals surface area contributed by atoms with Crippen LogP contribution in [-0.4, -0.2) is 100 Å².